The van der Waals surface area contributed by atoms with Crippen LogP contribution in [0.1, 0.15) is 25.7 Å². The highest BCUT2D eigenvalue weighted by atomic mass is 15.5. The standard InChI is InChI=1S/C10H18N4/c11-7-9-1-3-10(4-2-9)8-14-12-5-6-13-14/h5-6,9-10H,1-4,7-8,11H2. The Morgan fingerprint density at radius 2 is 1.64 bits per heavy atom. The van der Waals surface area contributed by atoms with Crippen LogP contribution in [-0.4, -0.2) is 21.5 Å². The van der Waals surface area contributed by atoms with E-state index >= 15 is 0 Å². The summed E-state index contributed by atoms with van der Waals surface area (Å²) in [5.41, 5.74) is 5.65. The SMILES string of the molecule is NCC1CCC(Cn2nccn2)CC1. The molecular formula is C10H18N4. The van der Waals surface area contributed by atoms with Gasteiger partial charge in [-0.1, -0.05) is 0 Å². The molecular weight excluding hydrogens is 176 g/mol. The molecule has 0 aliphatic heterocycles. The molecule has 0 radical (unpaired) electrons. The zero-order chi connectivity index (χ0) is 9.80. The van der Waals surface area contributed by atoms with Crippen molar-refractivity contribution in [3.05, 3.63) is 12.4 Å². The highest BCUT2D eigenvalue weighted by Gasteiger charge is 2.20. The molecule has 0 spiro atoms. The van der Waals surface area contributed by atoms with Crippen molar-refractivity contribution in [3.63, 3.8) is 0 Å². The van der Waals surface area contributed by atoms with Gasteiger partial charge >= 0.3 is 0 Å². The van der Waals surface area contributed by atoms with E-state index in [-0.39, 0.29) is 0 Å². The van der Waals surface area contributed by atoms with Crippen LogP contribution in [0, 0.1) is 11.8 Å². The third kappa shape index (κ3) is 2.32. The topological polar surface area (TPSA) is 56.7 Å². The monoisotopic (exact) mass is 194 g/mol. The summed E-state index contributed by atoms with van der Waals surface area (Å²) in [6.45, 7) is 1.83. The van der Waals surface area contributed by atoms with E-state index in [4.69, 9.17) is 5.73 Å². The number of nitrogens with two attached hydrogens (primary N) is 1. The van der Waals surface area contributed by atoms with E-state index in [0.29, 0.717) is 0 Å². The predicted molar refractivity (Wildman–Crippen MR) is 54.5 cm³/mol. The van der Waals surface area contributed by atoms with Crippen LogP contribution in [0.5, 0.6) is 0 Å². The van der Waals surface area contributed by atoms with Crippen molar-refractivity contribution in [3.8, 4) is 0 Å². The summed E-state index contributed by atoms with van der Waals surface area (Å²) in [5.74, 6) is 1.52. The first-order valence-corrected chi connectivity index (χ1v) is 5.42. The van der Waals surface area contributed by atoms with E-state index in [0.717, 1.165) is 24.9 Å². The summed E-state index contributed by atoms with van der Waals surface area (Å²) in [6, 6.07) is 0. The maximum absolute atomic E-state index is 5.65. The van der Waals surface area contributed by atoms with Crippen LogP contribution in [0.3, 0.4) is 0 Å². The van der Waals surface area contributed by atoms with Crippen molar-refractivity contribution in [1.82, 2.24) is 15.0 Å². The first-order chi connectivity index (χ1) is 6.88. The van der Waals surface area contributed by atoms with Gasteiger partial charge in [-0.15, -0.1) is 0 Å². The normalized spacial score (nSPS) is 27.8. The quantitative estimate of drug-likeness (QED) is 0.782. The van der Waals surface area contributed by atoms with Gasteiger partial charge < -0.3 is 5.73 Å². The third-order valence-electron chi connectivity index (χ3n) is 3.19. The van der Waals surface area contributed by atoms with Gasteiger partial charge in [0.1, 0.15) is 0 Å². The Morgan fingerprint density at radius 3 is 2.21 bits per heavy atom. The van der Waals surface area contributed by atoms with Gasteiger partial charge in [0, 0.05) is 0 Å². The summed E-state index contributed by atoms with van der Waals surface area (Å²) in [6.07, 6.45) is 8.61. The lowest BCUT2D eigenvalue weighted by molar-refractivity contribution is 0.241. The molecule has 1 saturated carbocycles. The maximum Gasteiger partial charge on any atom is 0.0693 e. The lowest BCUT2D eigenvalue weighted by atomic mass is 9.82. The van der Waals surface area contributed by atoms with Gasteiger partial charge in [-0.2, -0.15) is 15.0 Å². The van der Waals surface area contributed by atoms with Crippen LogP contribution in [0.2, 0.25) is 0 Å². The molecule has 0 aromatic carbocycles. The van der Waals surface area contributed by atoms with E-state index < -0.39 is 0 Å². The number of nitrogens with zero attached hydrogens (tertiary/aromatic N) is 3. The lowest BCUT2D eigenvalue weighted by Crippen LogP contribution is -2.24. The molecule has 1 aliphatic rings. The molecule has 0 saturated heterocycles. The van der Waals surface area contributed by atoms with Crippen molar-refractivity contribution >= 4 is 0 Å². The minimum absolute atomic E-state index is 0.755. The van der Waals surface area contributed by atoms with Gasteiger partial charge in [0.25, 0.3) is 0 Å². The first kappa shape index (κ1) is 9.65. The number of hydrogen-bond acceptors (Lipinski definition) is 3. The maximum atomic E-state index is 5.65. The fraction of sp³-hybridized carbons (Fsp3) is 0.800. The highest BCUT2D eigenvalue weighted by Crippen LogP contribution is 2.28. The van der Waals surface area contributed by atoms with Crippen LogP contribution in [0.25, 0.3) is 0 Å². The molecule has 2 N–H and O–H groups in total. The Labute approximate surface area is 84.5 Å². The highest BCUT2D eigenvalue weighted by molar-refractivity contribution is 4.73. The number of rotatable bonds is 3. The Morgan fingerprint density at radius 1 is 1.07 bits per heavy atom. The predicted octanol–water partition coefficient (Wildman–Crippen LogP) is 1.04. The largest absolute Gasteiger partial charge is 0.330 e. The smallest absolute Gasteiger partial charge is 0.0693 e. The second-order valence-electron chi connectivity index (χ2n) is 4.21. The molecule has 0 atom stereocenters. The third-order valence-corrected chi connectivity index (χ3v) is 3.19. The molecule has 0 unspecified atom stereocenters. The van der Waals surface area contributed by atoms with Crippen LogP contribution in [0.4, 0.5) is 0 Å². The van der Waals surface area contributed by atoms with Crippen molar-refractivity contribution in [2.45, 2.75) is 32.2 Å². The van der Waals surface area contributed by atoms with E-state index in [1.54, 1.807) is 17.2 Å². The molecule has 14 heavy (non-hydrogen) atoms. The number of hydrogen-bond donors (Lipinski definition) is 1. The molecule has 2 rings (SSSR count). The second-order valence-corrected chi connectivity index (χ2v) is 4.21. The van der Waals surface area contributed by atoms with Crippen molar-refractivity contribution in [2.24, 2.45) is 17.6 Å². The summed E-state index contributed by atoms with van der Waals surface area (Å²) >= 11 is 0. The van der Waals surface area contributed by atoms with E-state index in [9.17, 15) is 0 Å². The summed E-state index contributed by atoms with van der Waals surface area (Å²) < 4.78 is 0. The molecule has 0 bridgehead atoms. The second kappa shape index (κ2) is 4.55. The van der Waals surface area contributed by atoms with Gasteiger partial charge in [-0.25, -0.2) is 0 Å². The lowest BCUT2D eigenvalue weighted by Gasteiger charge is -2.26. The van der Waals surface area contributed by atoms with Gasteiger partial charge in [-0.05, 0) is 44.1 Å². The van der Waals surface area contributed by atoms with Gasteiger partial charge in [0.05, 0.1) is 18.9 Å². The summed E-state index contributed by atoms with van der Waals surface area (Å²) in [4.78, 5) is 1.80. The minimum atomic E-state index is 0.755. The minimum Gasteiger partial charge on any atom is -0.330 e. The fourth-order valence-electron chi connectivity index (χ4n) is 2.22. The van der Waals surface area contributed by atoms with E-state index in [1.165, 1.54) is 25.7 Å². The Kier molecular flexibility index (Phi) is 3.14. The Balaban J connectivity index is 1.79. The van der Waals surface area contributed by atoms with Crippen molar-refractivity contribution < 1.29 is 0 Å². The molecule has 1 aromatic rings. The average molecular weight is 194 g/mol. The van der Waals surface area contributed by atoms with Gasteiger partial charge in [-0.3, -0.25) is 0 Å². The Hall–Kier alpha value is -0.900. The molecule has 1 aliphatic carbocycles. The van der Waals surface area contributed by atoms with Crippen LogP contribution in [-0.2, 0) is 6.54 Å². The zero-order valence-electron chi connectivity index (χ0n) is 8.47. The average Bonchev–Trinajstić information content (AvgIpc) is 2.72. The zero-order valence-corrected chi connectivity index (χ0v) is 8.47. The molecule has 1 fully saturated rings. The van der Waals surface area contributed by atoms with E-state index in [2.05, 4.69) is 10.2 Å². The Bertz CT molecular complexity index is 249. The molecule has 78 valence electrons. The van der Waals surface area contributed by atoms with Crippen LogP contribution < -0.4 is 5.73 Å². The summed E-state index contributed by atoms with van der Waals surface area (Å²) in [7, 11) is 0. The van der Waals surface area contributed by atoms with Gasteiger partial charge in [0.15, 0.2) is 0 Å². The summed E-state index contributed by atoms with van der Waals surface area (Å²) in [5, 5.41) is 8.26. The van der Waals surface area contributed by atoms with Crippen LogP contribution in [0.15, 0.2) is 12.4 Å². The molecule has 4 heteroatoms. The number of aromatic nitrogens is 3. The van der Waals surface area contributed by atoms with Crippen LogP contribution >= 0.6 is 0 Å². The molecule has 0 amide bonds. The fourth-order valence-corrected chi connectivity index (χ4v) is 2.22. The van der Waals surface area contributed by atoms with E-state index in [1.807, 2.05) is 0 Å². The van der Waals surface area contributed by atoms with Gasteiger partial charge in [0.2, 0.25) is 0 Å². The molecule has 1 heterocycles. The molecule has 1 aromatic heterocycles. The first-order valence-electron chi connectivity index (χ1n) is 5.42. The molecule has 4 nitrogen and oxygen atoms in total. The van der Waals surface area contributed by atoms with Crippen molar-refractivity contribution in [1.29, 1.82) is 0 Å². The van der Waals surface area contributed by atoms with Crippen molar-refractivity contribution in [2.75, 3.05) is 6.54 Å².